The van der Waals surface area contributed by atoms with Crippen LogP contribution in [0, 0.1) is 27.7 Å². The minimum absolute atomic E-state index is 0.0564. The zero-order valence-electron chi connectivity index (χ0n) is 23.1. The van der Waals surface area contributed by atoms with E-state index in [0.29, 0.717) is 11.2 Å². The van der Waals surface area contributed by atoms with Crippen LogP contribution in [0.4, 0.5) is 5.69 Å². The Morgan fingerprint density at radius 1 is 0.923 bits per heavy atom. The molecular formula is C33H36N4OS. The van der Waals surface area contributed by atoms with Gasteiger partial charge in [-0.2, -0.15) is 0 Å². The lowest BCUT2D eigenvalue weighted by Gasteiger charge is -2.28. The summed E-state index contributed by atoms with van der Waals surface area (Å²) in [6, 6.07) is 23.2. The second kappa shape index (κ2) is 10.5. The fourth-order valence-corrected chi connectivity index (χ4v) is 6.61. The molecule has 1 aliphatic heterocycles. The molecule has 6 heteroatoms. The molecule has 2 aromatic carbocycles. The molecule has 2 fully saturated rings. The molecular weight excluding hydrogens is 500 g/mol. The third-order valence-corrected chi connectivity index (χ3v) is 8.74. The van der Waals surface area contributed by atoms with Gasteiger partial charge in [-0.05, 0) is 131 Å². The first kappa shape index (κ1) is 25.6. The smallest absolute Gasteiger partial charge is 0.174 e. The highest BCUT2D eigenvalue weighted by Crippen LogP contribution is 2.44. The minimum Gasteiger partial charge on any atom is -0.490 e. The van der Waals surface area contributed by atoms with E-state index in [1.54, 1.807) is 0 Å². The molecule has 0 spiro atoms. The monoisotopic (exact) mass is 536 g/mol. The molecule has 39 heavy (non-hydrogen) atoms. The van der Waals surface area contributed by atoms with Crippen molar-refractivity contribution in [3.8, 4) is 11.4 Å². The SMILES string of the molecule is Cc1cccc(-n2c(C)cc([C@@H]3[C@H](c4ccccn4)NC(=S)N3c3ccc(OC4CCCC4)cc3)c2C)c1C. The van der Waals surface area contributed by atoms with E-state index < -0.39 is 0 Å². The fourth-order valence-electron chi connectivity index (χ4n) is 6.27. The summed E-state index contributed by atoms with van der Waals surface area (Å²) in [6.45, 7) is 8.78. The van der Waals surface area contributed by atoms with Crippen molar-refractivity contribution in [1.82, 2.24) is 14.9 Å². The fraction of sp³-hybridized carbons (Fsp3) is 0.333. The van der Waals surface area contributed by atoms with Gasteiger partial charge in [0.1, 0.15) is 5.75 Å². The highest BCUT2D eigenvalue weighted by molar-refractivity contribution is 7.80. The van der Waals surface area contributed by atoms with Crippen LogP contribution in [0.3, 0.4) is 0 Å². The van der Waals surface area contributed by atoms with Gasteiger partial charge in [-0.25, -0.2) is 0 Å². The van der Waals surface area contributed by atoms with Crippen molar-refractivity contribution in [3.05, 3.63) is 107 Å². The number of thiocarbonyl (C=S) groups is 1. The number of ether oxygens (including phenoxy) is 1. The number of aromatic nitrogens is 2. The van der Waals surface area contributed by atoms with Crippen LogP contribution in [-0.4, -0.2) is 20.8 Å². The highest BCUT2D eigenvalue weighted by Gasteiger charge is 2.42. The standard InChI is InChI=1S/C33H36N4OS/c1-21-10-9-14-30(23(21)3)36-22(2)20-28(24(36)4)32-31(29-13-7-8-19-34-29)35-33(39)37(32)25-15-17-27(18-16-25)38-26-11-5-6-12-26/h7-10,13-20,26,31-32H,5-6,11-12H2,1-4H3,(H,35,39)/t31-,32+/m0/s1. The molecule has 200 valence electrons. The van der Waals surface area contributed by atoms with E-state index in [4.69, 9.17) is 21.9 Å². The van der Waals surface area contributed by atoms with Crippen molar-refractivity contribution in [2.75, 3.05) is 4.90 Å². The van der Waals surface area contributed by atoms with Gasteiger partial charge >= 0.3 is 0 Å². The zero-order chi connectivity index (χ0) is 27.1. The number of hydrogen-bond acceptors (Lipinski definition) is 3. The maximum absolute atomic E-state index is 6.25. The second-order valence-electron chi connectivity index (χ2n) is 10.9. The van der Waals surface area contributed by atoms with Crippen molar-refractivity contribution >= 4 is 23.0 Å². The maximum atomic E-state index is 6.25. The molecule has 0 unspecified atom stereocenters. The molecule has 0 radical (unpaired) electrons. The van der Waals surface area contributed by atoms with Crippen LogP contribution in [0.1, 0.15) is 71.5 Å². The number of nitrogens with zero attached hydrogens (tertiary/aromatic N) is 3. The van der Waals surface area contributed by atoms with Crippen LogP contribution < -0.4 is 15.0 Å². The molecule has 1 saturated carbocycles. The third kappa shape index (κ3) is 4.71. The van der Waals surface area contributed by atoms with Crippen molar-refractivity contribution in [1.29, 1.82) is 0 Å². The van der Waals surface area contributed by atoms with Gasteiger partial charge in [-0.15, -0.1) is 0 Å². The average Bonchev–Trinajstić information content (AvgIpc) is 3.65. The largest absolute Gasteiger partial charge is 0.490 e. The molecule has 0 bridgehead atoms. The molecule has 1 N–H and O–H groups in total. The van der Waals surface area contributed by atoms with Crippen LogP contribution in [0.5, 0.6) is 5.75 Å². The van der Waals surface area contributed by atoms with Crippen LogP contribution in [0.15, 0.2) is 72.9 Å². The molecule has 4 aromatic rings. The van der Waals surface area contributed by atoms with E-state index in [0.717, 1.165) is 30.0 Å². The predicted octanol–water partition coefficient (Wildman–Crippen LogP) is 7.60. The number of pyridine rings is 1. The highest BCUT2D eigenvalue weighted by atomic mass is 32.1. The van der Waals surface area contributed by atoms with E-state index >= 15 is 0 Å². The summed E-state index contributed by atoms with van der Waals surface area (Å²) in [6.07, 6.45) is 6.99. The van der Waals surface area contributed by atoms with Gasteiger partial charge in [-0.3, -0.25) is 4.98 Å². The van der Waals surface area contributed by atoms with Crippen LogP contribution in [0.2, 0.25) is 0 Å². The molecule has 1 aliphatic carbocycles. The van der Waals surface area contributed by atoms with Gasteiger partial charge in [0.2, 0.25) is 0 Å². The van der Waals surface area contributed by atoms with Crippen molar-refractivity contribution in [2.45, 2.75) is 71.6 Å². The van der Waals surface area contributed by atoms with E-state index in [9.17, 15) is 0 Å². The minimum atomic E-state index is -0.0827. The Hall–Kier alpha value is -3.64. The van der Waals surface area contributed by atoms with Gasteiger partial charge in [-0.1, -0.05) is 18.2 Å². The number of anilines is 1. The summed E-state index contributed by atoms with van der Waals surface area (Å²) >= 11 is 5.99. The summed E-state index contributed by atoms with van der Waals surface area (Å²) in [5.74, 6) is 0.926. The zero-order valence-corrected chi connectivity index (χ0v) is 24.0. The Morgan fingerprint density at radius 3 is 2.41 bits per heavy atom. The Morgan fingerprint density at radius 2 is 1.69 bits per heavy atom. The molecule has 2 aliphatic rings. The summed E-state index contributed by atoms with van der Waals surface area (Å²) in [4.78, 5) is 6.99. The van der Waals surface area contributed by atoms with E-state index in [1.807, 2.05) is 18.3 Å². The molecule has 6 rings (SSSR count). The van der Waals surface area contributed by atoms with E-state index in [-0.39, 0.29) is 12.1 Å². The van der Waals surface area contributed by atoms with Gasteiger partial charge in [0.05, 0.1) is 23.9 Å². The Labute approximate surface area is 236 Å². The summed E-state index contributed by atoms with van der Waals surface area (Å²) in [5.41, 5.74) is 9.48. The van der Waals surface area contributed by atoms with Gasteiger partial charge < -0.3 is 19.5 Å². The lowest BCUT2D eigenvalue weighted by Crippen LogP contribution is -2.29. The first-order chi connectivity index (χ1) is 18.9. The Kier molecular flexibility index (Phi) is 6.90. The quantitative estimate of drug-likeness (QED) is 0.257. The number of rotatable bonds is 6. The van der Waals surface area contributed by atoms with Crippen molar-refractivity contribution in [3.63, 3.8) is 0 Å². The molecule has 0 amide bonds. The number of benzene rings is 2. The first-order valence-electron chi connectivity index (χ1n) is 13.9. The van der Waals surface area contributed by atoms with Crippen LogP contribution in [0.25, 0.3) is 5.69 Å². The summed E-state index contributed by atoms with van der Waals surface area (Å²) < 4.78 is 8.63. The van der Waals surface area contributed by atoms with Gasteiger partial charge in [0.25, 0.3) is 0 Å². The lowest BCUT2D eigenvalue weighted by atomic mass is 9.96. The van der Waals surface area contributed by atoms with Crippen molar-refractivity contribution in [2.24, 2.45) is 0 Å². The van der Waals surface area contributed by atoms with E-state index in [2.05, 4.69) is 97.1 Å². The Balaban J connectivity index is 1.43. The van der Waals surface area contributed by atoms with Crippen LogP contribution >= 0.6 is 12.2 Å². The maximum Gasteiger partial charge on any atom is 0.174 e. The molecule has 1 saturated heterocycles. The number of hydrogen-bond donors (Lipinski definition) is 1. The third-order valence-electron chi connectivity index (χ3n) is 8.42. The average molecular weight is 537 g/mol. The second-order valence-corrected chi connectivity index (χ2v) is 11.3. The van der Waals surface area contributed by atoms with E-state index in [1.165, 1.54) is 46.6 Å². The summed E-state index contributed by atoms with van der Waals surface area (Å²) in [7, 11) is 0. The van der Waals surface area contributed by atoms with Gasteiger partial charge in [0, 0.05) is 29.0 Å². The molecule has 3 heterocycles. The van der Waals surface area contributed by atoms with Crippen LogP contribution in [-0.2, 0) is 0 Å². The number of aryl methyl sites for hydroxylation is 2. The number of nitrogens with one attached hydrogen (secondary N) is 1. The lowest BCUT2D eigenvalue weighted by molar-refractivity contribution is 0.210. The topological polar surface area (TPSA) is 42.3 Å². The normalized spacial score (nSPS) is 19.5. The van der Waals surface area contributed by atoms with Crippen molar-refractivity contribution < 1.29 is 4.74 Å². The Bertz CT molecular complexity index is 1490. The molecule has 2 atom stereocenters. The van der Waals surface area contributed by atoms with Gasteiger partial charge in [0.15, 0.2) is 5.11 Å². The summed E-state index contributed by atoms with van der Waals surface area (Å²) in [5, 5.41) is 4.32. The first-order valence-corrected chi connectivity index (χ1v) is 14.4. The predicted molar refractivity (Wildman–Crippen MR) is 162 cm³/mol. The molecule has 5 nitrogen and oxygen atoms in total. The molecule has 2 aromatic heterocycles.